The van der Waals surface area contributed by atoms with Crippen LogP contribution in [0.25, 0.3) is 0 Å². The first-order valence-corrected chi connectivity index (χ1v) is 7.49. The second-order valence-electron chi connectivity index (χ2n) is 6.16. The van der Waals surface area contributed by atoms with Crippen molar-refractivity contribution in [3.8, 4) is 11.5 Å². The summed E-state index contributed by atoms with van der Waals surface area (Å²) in [5.74, 6) is 1.68. The lowest BCUT2D eigenvalue weighted by molar-refractivity contribution is 0.470. The largest absolute Gasteiger partial charge is 0.457 e. The van der Waals surface area contributed by atoms with Crippen molar-refractivity contribution in [2.75, 3.05) is 7.05 Å². The Morgan fingerprint density at radius 3 is 2.52 bits per heavy atom. The van der Waals surface area contributed by atoms with Crippen molar-refractivity contribution in [3.05, 3.63) is 58.6 Å². The summed E-state index contributed by atoms with van der Waals surface area (Å²) >= 11 is 6.06. The Kier molecular flexibility index (Phi) is 4.92. The van der Waals surface area contributed by atoms with E-state index < -0.39 is 0 Å². The number of hydrogen-bond donors (Lipinski definition) is 1. The first kappa shape index (κ1) is 15.9. The SMILES string of the molecule is CNCc1cc(Cl)ccc1Oc1cccc(C(C)(C)C)c1. The number of benzene rings is 2. The number of hydrogen-bond acceptors (Lipinski definition) is 2. The summed E-state index contributed by atoms with van der Waals surface area (Å²) in [4.78, 5) is 0. The minimum absolute atomic E-state index is 0.104. The van der Waals surface area contributed by atoms with E-state index in [-0.39, 0.29) is 5.41 Å². The summed E-state index contributed by atoms with van der Waals surface area (Å²) in [6.45, 7) is 7.30. The fourth-order valence-electron chi connectivity index (χ4n) is 2.13. The van der Waals surface area contributed by atoms with E-state index in [0.717, 1.165) is 28.6 Å². The van der Waals surface area contributed by atoms with Crippen molar-refractivity contribution >= 4 is 11.6 Å². The van der Waals surface area contributed by atoms with E-state index in [1.54, 1.807) is 0 Å². The fraction of sp³-hybridized carbons (Fsp3) is 0.333. The van der Waals surface area contributed by atoms with Gasteiger partial charge in [-0.25, -0.2) is 0 Å². The monoisotopic (exact) mass is 303 g/mol. The van der Waals surface area contributed by atoms with Crippen LogP contribution in [0.4, 0.5) is 0 Å². The third-order valence-corrected chi connectivity index (χ3v) is 3.55. The summed E-state index contributed by atoms with van der Waals surface area (Å²) < 4.78 is 6.05. The molecule has 21 heavy (non-hydrogen) atoms. The number of rotatable bonds is 4. The molecule has 0 aliphatic carbocycles. The van der Waals surface area contributed by atoms with Gasteiger partial charge >= 0.3 is 0 Å². The van der Waals surface area contributed by atoms with Gasteiger partial charge in [0.15, 0.2) is 0 Å². The molecule has 0 amide bonds. The van der Waals surface area contributed by atoms with Crippen LogP contribution >= 0.6 is 11.6 Å². The highest BCUT2D eigenvalue weighted by atomic mass is 35.5. The van der Waals surface area contributed by atoms with Gasteiger partial charge in [-0.1, -0.05) is 44.5 Å². The van der Waals surface area contributed by atoms with Crippen molar-refractivity contribution in [3.63, 3.8) is 0 Å². The van der Waals surface area contributed by atoms with Gasteiger partial charge in [0.25, 0.3) is 0 Å². The number of nitrogens with one attached hydrogen (secondary N) is 1. The highest BCUT2D eigenvalue weighted by Crippen LogP contribution is 2.31. The predicted molar refractivity (Wildman–Crippen MR) is 89.4 cm³/mol. The van der Waals surface area contributed by atoms with Gasteiger partial charge < -0.3 is 10.1 Å². The molecule has 112 valence electrons. The van der Waals surface area contributed by atoms with E-state index in [1.807, 2.05) is 37.4 Å². The Labute approximate surface area is 132 Å². The molecule has 0 aromatic heterocycles. The third kappa shape index (κ3) is 4.23. The van der Waals surface area contributed by atoms with E-state index in [2.05, 4.69) is 38.2 Å². The molecule has 0 heterocycles. The van der Waals surface area contributed by atoms with Crippen molar-refractivity contribution in [1.82, 2.24) is 5.32 Å². The van der Waals surface area contributed by atoms with Gasteiger partial charge in [-0.2, -0.15) is 0 Å². The molecule has 0 atom stereocenters. The predicted octanol–water partition coefficient (Wildman–Crippen LogP) is 5.15. The van der Waals surface area contributed by atoms with Gasteiger partial charge in [0.05, 0.1) is 0 Å². The van der Waals surface area contributed by atoms with Gasteiger partial charge in [-0.3, -0.25) is 0 Å². The minimum Gasteiger partial charge on any atom is -0.457 e. The first-order valence-electron chi connectivity index (χ1n) is 7.11. The summed E-state index contributed by atoms with van der Waals surface area (Å²) in [6.07, 6.45) is 0. The zero-order valence-electron chi connectivity index (χ0n) is 13.0. The fourth-order valence-corrected chi connectivity index (χ4v) is 2.32. The molecule has 0 aliphatic heterocycles. The first-order chi connectivity index (χ1) is 9.90. The number of halogens is 1. The second-order valence-corrected chi connectivity index (χ2v) is 6.60. The lowest BCUT2D eigenvalue weighted by Gasteiger charge is -2.20. The lowest BCUT2D eigenvalue weighted by Crippen LogP contribution is -2.10. The molecule has 2 rings (SSSR count). The third-order valence-electron chi connectivity index (χ3n) is 3.32. The Morgan fingerprint density at radius 2 is 1.86 bits per heavy atom. The molecule has 0 saturated carbocycles. The normalized spacial score (nSPS) is 11.5. The smallest absolute Gasteiger partial charge is 0.132 e. The number of ether oxygens (including phenoxy) is 1. The van der Waals surface area contributed by atoms with Crippen LogP contribution in [-0.2, 0) is 12.0 Å². The summed E-state index contributed by atoms with van der Waals surface area (Å²) in [7, 11) is 1.91. The van der Waals surface area contributed by atoms with Crippen LogP contribution in [0.1, 0.15) is 31.9 Å². The van der Waals surface area contributed by atoms with Crippen LogP contribution in [0.5, 0.6) is 11.5 Å². The highest BCUT2D eigenvalue weighted by molar-refractivity contribution is 6.30. The minimum atomic E-state index is 0.104. The van der Waals surface area contributed by atoms with Crippen molar-refractivity contribution in [1.29, 1.82) is 0 Å². The summed E-state index contributed by atoms with van der Waals surface area (Å²) in [5.41, 5.74) is 2.41. The molecule has 0 aliphatic rings. The maximum atomic E-state index is 6.06. The molecule has 2 nitrogen and oxygen atoms in total. The Bertz CT molecular complexity index is 617. The average molecular weight is 304 g/mol. The summed E-state index contributed by atoms with van der Waals surface area (Å²) in [6, 6.07) is 13.9. The van der Waals surface area contributed by atoms with Crippen molar-refractivity contribution in [2.45, 2.75) is 32.7 Å². The Hall–Kier alpha value is -1.51. The second kappa shape index (κ2) is 6.50. The van der Waals surface area contributed by atoms with Gasteiger partial charge in [-0.15, -0.1) is 0 Å². The van der Waals surface area contributed by atoms with Crippen LogP contribution in [0.15, 0.2) is 42.5 Å². The highest BCUT2D eigenvalue weighted by Gasteiger charge is 2.14. The van der Waals surface area contributed by atoms with Gasteiger partial charge in [0.2, 0.25) is 0 Å². The molecule has 2 aromatic carbocycles. The average Bonchev–Trinajstić information content (AvgIpc) is 2.42. The van der Waals surface area contributed by atoms with Crippen molar-refractivity contribution < 1.29 is 4.74 Å². The topological polar surface area (TPSA) is 21.3 Å². The molecular weight excluding hydrogens is 282 g/mol. The van der Waals surface area contributed by atoms with Gasteiger partial charge in [0.1, 0.15) is 11.5 Å². The van der Waals surface area contributed by atoms with E-state index in [0.29, 0.717) is 0 Å². The van der Waals surface area contributed by atoms with Gasteiger partial charge in [0, 0.05) is 17.1 Å². The maximum absolute atomic E-state index is 6.06. The maximum Gasteiger partial charge on any atom is 0.132 e. The van der Waals surface area contributed by atoms with E-state index in [9.17, 15) is 0 Å². The zero-order chi connectivity index (χ0) is 15.5. The Morgan fingerprint density at radius 1 is 1.10 bits per heavy atom. The van der Waals surface area contributed by atoms with Crippen LogP contribution < -0.4 is 10.1 Å². The zero-order valence-corrected chi connectivity index (χ0v) is 13.8. The molecule has 0 radical (unpaired) electrons. The quantitative estimate of drug-likeness (QED) is 0.843. The molecule has 0 fully saturated rings. The van der Waals surface area contributed by atoms with Crippen molar-refractivity contribution in [2.24, 2.45) is 0 Å². The van der Waals surface area contributed by atoms with Gasteiger partial charge in [-0.05, 0) is 48.4 Å². The molecule has 1 N–H and O–H groups in total. The molecular formula is C18H22ClNO. The van der Waals surface area contributed by atoms with Crippen LogP contribution in [-0.4, -0.2) is 7.05 Å². The van der Waals surface area contributed by atoms with Crippen LogP contribution in [0.3, 0.4) is 0 Å². The molecule has 3 heteroatoms. The molecule has 0 saturated heterocycles. The molecule has 2 aromatic rings. The molecule has 0 bridgehead atoms. The van der Waals surface area contributed by atoms with E-state index in [4.69, 9.17) is 16.3 Å². The van der Waals surface area contributed by atoms with Crippen LogP contribution in [0.2, 0.25) is 5.02 Å². The lowest BCUT2D eigenvalue weighted by atomic mass is 9.87. The van der Waals surface area contributed by atoms with E-state index >= 15 is 0 Å². The Balaban J connectivity index is 2.30. The standard InChI is InChI=1S/C18H22ClNO/c1-18(2,3)14-6-5-7-16(11-14)21-17-9-8-15(19)10-13(17)12-20-4/h5-11,20H,12H2,1-4H3. The van der Waals surface area contributed by atoms with E-state index in [1.165, 1.54) is 5.56 Å². The summed E-state index contributed by atoms with van der Waals surface area (Å²) in [5, 5.41) is 3.85. The molecule has 0 unspecified atom stereocenters. The molecule has 0 spiro atoms. The van der Waals surface area contributed by atoms with Crippen LogP contribution in [0, 0.1) is 0 Å².